The second-order valence-electron chi connectivity index (χ2n) is 4.48. The van der Waals surface area contributed by atoms with Gasteiger partial charge in [0.15, 0.2) is 0 Å². The van der Waals surface area contributed by atoms with Crippen LogP contribution in [-0.4, -0.2) is 31.1 Å². The summed E-state index contributed by atoms with van der Waals surface area (Å²) in [6, 6.07) is -0.539. The van der Waals surface area contributed by atoms with Crippen molar-refractivity contribution in [2.45, 2.75) is 45.1 Å². The van der Waals surface area contributed by atoms with Gasteiger partial charge in [-0.2, -0.15) is 0 Å². The van der Waals surface area contributed by atoms with Crippen LogP contribution in [0.25, 0.3) is 0 Å². The maximum Gasteiger partial charge on any atom is 0.246 e. The van der Waals surface area contributed by atoms with Crippen molar-refractivity contribution in [3.8, 4) is 0 Å². The normalized spacial score (nSPS) is 18.6. The number of primary amides is 1. The fourth-order valence-corrected chi connectivity index (χ4v) is 2.30. The summed E-state index contributed by atoms with van der Waals surface area (Å²) >= 11 is 0. The minimum Gasteiger partial charge on any atom is -0.372 e. The molecule has 0 saturated heterocycles. The van der Waals surface area contributed by atoms with Gasteiger partial charge in [0.25, 0.3) is 0 Å². The van der Waals surface area contributed by atoms with Crippen molar-refractivity contribution in [3.63, 3.8) is 0 Å². The number of carbonyl (C=O) groups is 2. The van der Waals surface area contributed by atoms with E-state index < -0.39 is 11.9 Å². The van der Waals surface area contributed by atoms with Gasteiger partial charge < -0.3 is 15.8 Å². The third-order valence-electron chi connectivity index (χ3n) is 3.18. The summed E-state index contributed by atoms with van der Waals surface area (Å²) < 4.78 is 5.00. The first-order chi connectivity index (χ1) is 8.15. The summed E-state index contributed by atoms with van der Waals surface area (Å²) in [5.74, 6) is -0.519. The summed E-state index contributed by atoms with van der Waals surface area (Å²) in [7, 11) is 0. The van der Waals surface area contributed by atoms with Gasteiger partial charge in [-0.05, 0) is 25.7 Å². The lowest BCUT2D eigenvalue weighted by Gasteiger charge is -2.28. The monoisotopic (exact) mass is 242 g/mol. The van der Waals surface area contributed by atoms with Crippen LogP contribution in [0.2, 0.25) is 0 Å². The number of rotatable bonds is 6. The van der Waals surface area contributed by atoms with Gasteiger partial charge in [0.05, 0.1) is 0 Å². The summed E-state index contributed by atoms with van der Waals surface area (Å²) in [5.41, 5.74) is 5.35. The predicted octanol–water partition coefficient (Wildman–Crippen LogP) is 0.573. The fraction of sp³-hybridized carbons (Fsp3) is 0.833. The molecule has 0 unspecified atom stereocenters. The Morgan fingerprint density at radius 1 is 1.35 bits per heavy atom. The molecule has 0 aromatic rings. The highest BCUT2D eigenvalue weighted by Gasteiger charge is 2.29. The highest BCUT2D eigenvalue weighted by atomic mass is 16.5. The maximum atomic E-state index is 11.5. The van der Waals surface area contributed by atoms with E-state index >= 15 is 0 Å². The molecule has 1 fully saturated rings. The average Bonchev–Trinajstić information content (AvgIpc) is 2.34. The van der Waals surface area contributed by atoms with Crippen LogP contribution in [0.1, 0.15) is 39.0 Å². The zero-order chi connectivity index (χ0) is 12.7. The number of hydrogen-bond acceptors (Lipinski definition) is 3. The molecule has 17 heavy (non-hydrogen) atoms. The SMILES string of the molecule is CCOCC(=O)N[C@H](C(N)=O)C1CCCCC1. The van der Waals surface area contributed by atoms with Gasteiger partial charge in [-0.1, -0.05) is 19.3 Å². The van der Waals surface area contributed by atoms with Crippen LogP contribution in [0, 0.1) is 5.92 Å². The molecule has 0 aromatic heterocycles. The molecule has 2 amide bonds. The zero-order valence-corrected chi connectivity index (χ0v) is 10.4. The quantitative estimate of drug-likeness (QED) is 0.714. The minimum absolute atomic E-state index is 0.00694. The van der Waals surface area contributed by atoms with Gasteiger partial charge in [0.1, 0.15) is 12.6 Å². The Kier molecular flexibility index (Phi) is 5.97. The van der Waals surface area contributed by atoms with Gasteiger partial charge in [-0.15, -0.1) is 0 Å². The number of nitrogens with two attached hydrogens (primary N) is 1. The molecule has 1 rings (SSSR count). The van der Waals surface area contributed by atoms with Crippen molar-refractivity contribution in [2.75, 3.05) is 13.2 Å². The van der Waals surface area contributed by atoms with Crippen molar-refractivity contribution in [1.29, 1.82) is 0 Å². The molecule has 0 heterocycles. The van der Waals surface area contributed by atoms with Gasteiger partial charge in [-0.3, -0.25) is 9.59 Å². The topological polar surface area (TPSA) is 81.4 Å². The summed E-state index contributed by atoms with van der Waals surface area (Å²) in [5, 5.41) is 2.68. The third-order valence-corrected chi connectivity index (χ3v) is 3.18. The lowest BCUT2D eigenvalue weighted by molar-refractivity contribution is -0.131. The number of carbonyl (C=O) groups excluding carboxylic acids is 2. The van der Waals surface area contributed by atoms with E-state index in [9.17, 15) is 9.59 Å². The highest BCUT2D eigenvalue weighted by molar-refractivity contribution is 5.87. The lowest BCUT2D eigenvalue weighted by atomic mass is 9.83. The molecule has 3 N–H and O–H groups in total. The van der Waals surface area contributed by atoms with Crippen LogP contribution in [0.4, 0.5) is 0 Å². The van der Waals surface area contributed by atoms with Crippen LogP contribution < -0.4 is 11.1 Å². The molecular weight excluding hydrogens is 220 g/mol. The third kappa shape index (κ3) is 4.73. The second kappa shape index (κ2) is 7.27. The molecule has 5 heteroatoms. The average molecular weight is 242 g/mol. The maximum absolute atomic E-state index is 11.5. The lowest BCUT2D eigenvalue weighted by Crippen LogP contribution is -2.50. The molecule has 5 nitrogen and oxygen atoms in total. The van der Waals surface area contributed by atoms with Crippen LogP contribution in [0.3, 0.4) is 0 Å². The molecule has 0 radical (unpaired) electrons. The Labute approximate surface area is 102 Å². The number of hydrogen-bond donors (Lipinski definition) is 2. The van der Waals surface area contributed by atoms with Crippen LogP contribution in [0.5, 0.6) is 0 Å². The van der Waals surface area contributed by atoms with Crippen molar-refractivity contribution in [1.82, 2.24) is 5.32 Å². The smallest absolute Gasteiger partial charge is 0.246 e. The first kappa shape index (κ1) is 14.0. The van der Waals surface area contributed by atoms with Crippen molar-refractivity contribution < 1.29 is 14.3 Å². The molecule has 1 aliphatic rings. The molecular formula is C12H22N2O3. The molecule has 0 spiro atoms. The molecule has 1 atom stereocenters. The van der Waals surface area contributed by atoms with Gasteiger partial charge in [-0.25, -0.2) is 0 Å². The van der Waals surface area contributed by atoms with E-state index in [-0.39, 0.29) is 18.4 Å². The molecule has 0 aromatic carbocycles. The van der Waals surface area contributed by atoms with E-state index in [1.165, 1.54) is 6.42 Å². The van der Waals surface area contributed by atoms with Crippen molar-refractivity contribution in [3.05, 3.63) is 0 Å². The molecule has 98 valence electrons. The van der Waals surface area contributed by atoms with E-state index in [1.807, 2.05) is 6.92 Å². The van der Waals surface area contributed by atoms with Gasteiger partial charge >= 0.3 is 0 Å². The Morgan fingerprint density at radius 3 is 2.53 bits per heavy atom. The van der Waals surface area contributed by atoms with E-state index in [1.54, 1.807) is 0 Å². The van der Waals surface area contributed by atoms with E-state index in [4.69, 9.17) is 10.5 Å². The van der Waals surface area contributed by atoms with E-state index in [2.05, 4.69) is 5.32 Å². The molecule has 1 aliphatic carbocycles. The standard InChI is InChI=1S/C12H22N2O3/c1-2-17-8-10(15)14-11(12(13)16)9-6-4-3-5-7-9/h9,11H,2-8H2,1H3,(H2,13,16)(H,14,15)/t11-/m0/s1. The number of ether oxygens (including phenoxy) is 1. The molecule has 1 saturated carbocycles. The minimum atomic E-state index is -0.539. The number of amides is 2. The van der Waals surface area contributed by atoms with Crippen LogP contribution in [0.15, 0.2) is 0 Å². The summed E-state index contributed by atoms with van der Waals surface area (Å²) in [4.78, 5) is 22.9. The number of nitrogens with one attached hydrogen (secondary N) is 1. The van der Waals surface area contributed by atoms with Crippen LogP contribution >= 0.6 is 0 Å². The largest absolute Gasteiger partial charge is 0.372 e. The van der Waals surface area contributed by atoms with E-state index in [0.29, 0.717) is 6.61 Å². The first-order valence-corrected chi connectivity index (χ1v) is 6.31. The zero-order valence-electron chi connectivity index (χ0n) is 10.4. The molecule has 0 aliphatic heterocycles. The van der Waals surface area contributed by atoms with Crippen molar-refractivity contribution >= 4 is 11.8 Å². The Morgan fingerprint density at radius 2 is 2.00 bits per heavy atom. The summed E-state index contributed by atoms with van der Waals surface area (Å²) in [6.07, 6.45) is 5.34. The first-order valence-electron chi connectivity index (χ1n) is 6.31. The Balaban J connectivity index is 2.47. The van der Waals surface area contributed by atoms with Crippen molar-refractivity contribution in [2.24, 2.45) is 11.7 Å². The highest BCUT2D eigenvalue weighted by Crippen LogP contribution is 2.26. The Bertz CT molecular complexity index is 262. The second-order valence-corrected chi connectivity index (χ2v) is 4.48. The molecule has 0 bridgehead atoms. The fourth-order valence-electron chi connectivity index (χ4n) is 2.30. The van der Waals surface area contributed by atoms with Gasteiger partial charge in [0.2, 0.25) is 11.8 Å². The predicted molar refractivity (Wildman–Crippen MR) is 64.2 cm³/mol. The Hall–Kier alpha value is -1.10. The van der Waals surface area contributed by atoms with E-state index in [0.717, 1.165) is 25.7 Å². The van der Waals surface area contributed by atoms with Gasteiger partial charge in [0, 0.05) is 6.61 Å². The van der Waals surface area contributed by atoms with Crippen LogP contribution in [-0.2, 0) is 14.3 Å². The summed E-state index contributed by atoms with van der Waals surface area (Å²) in [6.45, 7) is 2.30.